The first-order valence-electron chi connectivity index (χ1n) is 7.95. The van der Waals surface area contributed by atoms with E-state index in [1.54, 1.807) is 0 Å². The molecule has 0 amide bonds. The summed E-state index contributed by atoms with van der Waals surface area (Å²) < 4.78 is 0. The molecule has 104 valence electrons. The zero-order chi connectivity index (χ0) is 13.1. The van der Waals surface area contributed by atoms with Crippen LogP contribution in [-0.2, 0) is 0 Å². The lowest BCUT2D eigenvalue weighted by molar-refractivity contribution is 0.356. The first-order valence-corrected chi connectivity index (χ1v) is 7.95. The molecule has 0 rings (SSSR count). The summed E-state index contributed by atoms with van der Waals surface area (Å²) in [6, 6.07) is 0. The summed E-state index contributed by atoms with van der Waals surface area (Å²) in [5, 5.41) is 0. The highest BCUT2D eigenvalue weighted by atomic mass is 14.1. The lowest BCUT2D eigenvalue weighted by atomic mass is 9.89. The third kappa shape index (κ3) is 13.9. The molecule has 0 spiro atoms. The number of rotatable bonds is 10. The molecular weight excluding hydrogens is 204 g/mol. The molecule has 0 saturated heterocycles. The number of unbranched alkanes of at least 4 members (excludes halogenated alkanes) is 6. The standard InChI is InChI=1S/C17H36/c1-6-16(2)14-12-10-8-7-9-11-13-15-17(3,4)5/h16H,6-15H2,1-5H3. The molecule has 0 saturated carbocycles. The zero-order valence-electron chi connectivity index (χ0n) is 13.1. The van der Waals surface area contributed by atoms with Gasteiger partial charge < -0.3 is 0 Å². The highest BCUT2D eigenvalue weighted by Gasteiger charge is 2.08. The zero-order valence-corrected chi connectivity index (χ0v) is 13.1. The fourth-order valence-corrected chi connectivity index (χ4v) is 2.24. The highest BCUT2D eigenvalue weighted by Crippen LogP contribution is 2.22. The molecule has 0 aromatic heterocycles. The molecule has 0 fully saturated rings. The van der Waals surface area contributed by atoms with Crippen LogP contribution in [0.3, 0.4) is 0 Å². The smallest absolute Gasteiger partial charge is 0.0383 e. The summed E-state index contributed by atoms with van der Waals surface area (Å²) >= 11 is 0. The second-order valence-corrected chi connectivity index (χ2v) is 7.09. The molecular formula is C17H36. The Morgan fingerprint density at radius 1 is 0.765 bits per heavy atom. The summed E-state index contributed by atoms with van der Waals surface area (Å²) in [6.07, 6.45) is 14.4. The van der Waals surface area contributed by atoms with Crippen LogP contribution >= 0.6 is 0 Å². The Bertz CT molecular complexity index is 152. The van der Waals surface area contributed by atoms with Crippen molar-refractivity contribution >= 4 is 0 Å². The van der Waals surface area contributed by atoms with Gasteiger partial charge in [-0.15, -0.1) is 0 Å². The van der Waals surface area contributed by atoms with Gasteiger partial charge in [0.15, 0.2) is 0 Å². The van der Waals surface area contributed by atoms with Crippen molar-refractivity contribution in [3.05, 3.63) is 0 Å². The Hall–Kier alpha value is 0. The Balaban J connectivity index is 3.09. The van der Waals surface area contributed by atoms with E-state index < -0.39 is 0 Å². The van der Waals surface area contributed by atoms with Gasteiger partial charge in [-0.05, 0) is 17.8 Å². The first-order chi connectivity index (χ1) is 7.95. The van der Waals surface area contributed by atoms with Crippen molar-refractivity contribution in [2.24, 2.45) is 11.3 Å². The SMILES string of the molecule is CCC(C)CCCCCCCCCC(C)(C)C. The van der Waals surface area contributed by atoms with E-state index in [9.17, 15) is 0 Å². The van der Waals surface area contributed by atoms with Crippen molar-refractivity contribution < 1.29 is 0 Å². The van der Waals surface area contributed by atoms with Crippen LogP contribution in [0.25, 0.3) is 0 Å². The van der Waals surface area contributed by atoms with Crippen LogP contribution in [0, 0.1) is 11.3 Å². The van der Waals surface area contributed by atoms with Crippen molar-refractivity contribution in [2.45, 2.75) is 98.8 Å². The Kier molecular flexibility index (Phi) is 9.97. The van der Waals surface area contributed by atoms with Crippen LogP contribution in [0.2, 0.25) is 0 Å². The van der Waals surface area contributed by atoms with Gasteiger partial charge in [0.05, 0.1) is 0 Å². The van der Waals surface area contributed by atoms with Gasteiger partial charge in [-0.25, -0.2) is 0 Å². The molecule has 0 heteroatoms. The van der Waals surface area contributed by atoms with Crippen molar-refractivity contribution in [1.82, 2.24) is 0 Å². The molecule has 0 aromatic carbocycles. The molecule has 1 unspecified atom stereocenters. The van der Waals surface area contributed by atoms with Crippen LogP contribution < -0.4 is 0 Å². The second-order valence-electron chi connectivity index (χ2n) is 7.09. The van der Waals surface area contributed by atoms with E-state index in [1.165, 1.54) is 64.2 Å². The van der Waals surface area contributed by atoms with Crippen LogP contribution in [0.15, 0.2) is 0 Å². The molecule has 17 heavy (non-hydrogen) atoms. The fraction of sp³-hybridized carbons (Fsp3) is 1.00. The molecule has 0 N–H and O–H groups in total. The predicted octanol–water partition coefficient (Wildman–Crippen LogP) is 6.59. The molecule has 0 aliphatic rings. The van der Waals surface area contributed by atoms with Crippen LogP contribution in [0.4, 0.5) is 0 Å². The van der Waals surface area contributed by atoms with E-state index in [0.717, 1.165) is 5.92 Å². The normalized spacial score (nSPS) is 13.9. The maximum Gasteiger partial charge on any atom is -0.0383 e. The Labute approximate surface area is 111 Å². The minimum Gasteiger partial charge on any atom is -0.0651 e. The highest BCUT2D eigenvalue weighted by molar-refractivity contribution is 4.61. The van der Waals surface area contributed by atoms with Crippen molar-refractivity contribution in [3.8, 4) is 0 Å². The third-order valence-corrected chi connectivity index (χ3v) is 3.82. The summed E-state index contributed by atoms with van der Waals surface area (Å²) in [4.78, 5) is 0. The minimum absolute atomic E-state index is 0.538. The van der Waals surface area contributed by atoms with E-state index in [2.05, 4.69) is 34.6 Å². The second kappa shape index (κ2) is 9.97. The van der Waals surface area contributed by atoms with Gasteiger partial charge >= 0.3 is 0 Å². The lowest BCUT2D eigenvalue weighted by Crippen LogP contribution is -2.03. The van der Waals surface area contributed by atoms with Gasteiger partial charge in [-0.1, -0.05) is 92.4 Å². The average molecular weight is 240 g/mol. The van der Waals surface area contributed by atoms with E-state index in [1.807, 2.05) is 0 Å². The molecule has 0 bridgehead atoms. The van der Waals surface area contributed by atoms with E-state index in [-0.39, 0.29) is 0 Å². The Morgan fingerprint density at radius 2 is 1.24 bits per heavy atom. The van der Waals surface area contributed by atoms with Crippen LogP contribution in [-0.4, -0.2) is 0 Å². The van der Waals surface area contributed by atoms with Crippen LogP contribution in [0.1, 0.15) is 98.8 Å². The van der Waals surface area contributed by atoms with Crippen molar-refractivity contribution in [3.63, 3.8) is 0 Å². The quantitative estimate of drug-likeness (QED) is 0.378. The fourth-order valence-electron chi connectivity index (χ4n) is 2.24. The molecule has 0 aliphatic heterocycles. The van der Waals surface area contributed by atoms with Gasteiger partial charge in [0.1, 0.15) is 0 Å². The molecule has 0 aliphatic carbocycles. The summed E-state index contributed by atoms with van der Waals surface area (Å²) in [6.45, 7) is 11.7. The van der Waals surface area contributed by atoms with Gasteiger partial charge in [0.2, 0.25) is 0 Å². The summed E-state index contributed by atoms with van der Waals surface area (Å²) in [5.74, 6) is 0.946. The number of hydrogen-bond acceptors (Lipinski definition) is 0. The van der Waals surface area contributed by atoms with Gasteiger partial charge in [0, 0.05) is 0 Å². The van der Waals surface area contributed by atoms with Crippen molar-refractivity contribution in [1.29, 1.82) is 0 Å². The summed E-state index contributed by atoms with van der Waals surface area (Å²) in [5.41, 5.74) is 0.538. The lowest BCUT2D eigenvalue weighted by Gasteiger charge is -2.17. The molecule has 0 radical (unpaired) electrons. The maximum atomic E-state index is 2.38. The van der Waals surface area contributed by atoms with Gasteiger partial charge in [-0.3, -0.25) is 0 Å². The van der Waals surface area contributed by atoms with Crippen molar-refractivity contribution in [2.75, 3.05) is 0 Å². The molecule has 0 heterocycles. The third-order valence-electron chi connectivity index (χ3n) is 3.82. The largest absolute Gasteiger partial charge is 0.0651 e. The molecule has 0 aromatic rings. The van der Waals surface area contributed by atoms with Crippen LogP contribution in [0.5, 0.6) is 0 Å². The average Bonchev–Trinajstić information content (AvgIpc) is 2.25. The molecule has 0 nitrogen and oxygen atoms in total. The van der Waals surface area contributed by atoms with E-state index >= 15 is 0 Å². The van der Waals surface area contributed by atoms with Gasteiger partial charge in [0.25, 0.3) is 0 Å². The topological polar surface area (TPSA) is 0 Å². The predicted molar refractivity (Wildman–Crippen MR) is 80.5 cm³/mol. The monoisotopic (exact) mass is 240 g/mol. The maximum absolute atomic E-state index is 2.38. The number of hydrogen-bond donors (Lipinski definition) is 0. The van der Waals surface area contributed by atoms with E-state index in [4.69, 9.17) is 0 Å². The van der Waals surface area contributed by atoms with E-state index in [0.29, 0.717) is 5.41 Å². The molecule has 1 atom stereocenters. The summed E-state index contributed by atoms with van der Waals surface area (Å²) in [7, 11) is 0. The minimum atomic E-state index is 0.538. The Morgan fingerprint density at radius 3 is 1.71 bits per heavy atom. The van der Waals surface area contributed by atoms with Gasteiger partial charge in [-0.2, -0.15) is 0 Å². The first kappa shape index (κ1) is 17.0.